The Morgan fingerprint density at radius 2 is 1.87 bits per heavy atom. The van der Waals surface area contributed by atoms with Gasteiger partial charge in [0.15, 0.2) is 6.61 Å². The molecule has 1 heterocycles. The van der Waals surface area contributed by atoms with Gasteiger partial charge in [0.25, 0.3) is 11.5 Å². The zero-order chi connectivity index (χ0) is 22.2. The van der Waals surface area contributed by atoms with Crippen molar-refractivity contribution in [2.45, 2.75) is 20.4 Å². The highest BCUT2D eigenvalue weighted by Crippen LogP contribution is 2.25. The summed E-state index contributed by atoms with van der Waals surface area (Å²) in [5.41, 5.74) is 2.26. The fraction of sp³-hybridized carbons (Fsp3) is 0.261. The number of nitrogens with one attached hydrogen (secondary N) is 1. The molecule has 31 heavy (non-hydrogen) atoms. The molecule has 1 aromatic heterocycles. The maximum absolute atomic E-state index is 12.1. The lowest BCUT2D eigenvalue weighted by Crippen LogP contribution is -2.34. The van der Waals surface area contributed by atoms with Gasteiger partial charge in [-0.2, -0.15) is 5.10 Å². The van der Waals surface area contributed by atoms with Crippen molar-refractivity contribution in [3.63, 3.8) is 0 Å². The molecule has 0 unspecified atom stereocenters. The summed E-state index contributed by atoms with van der Waals surface area (Å²) in [6.45, 7) is 4.74. The monoisotopic (exact) mass is 441 g/mol. The normalized spacial score (nSPS) is 10.5. The minimum absolute atomic E-state index is 0.169. The molecule has 162 valence electrons. The Morgan fingerprint density at radius 3 is 2.61 bits per heavy atom. The van der Waals surface area contributed by atoms with E-state index in [9.17, 15) is 9.59 Å². The van der Waals surface area contributed by atoms with Crippen molar-refractivity contribution in [2.75, 3.05) is 19.8 Å². The second-order valence-corrected chi connectivity index (χ2v) is 7.22. The van der Waals surface area contributed by atoms with E-state index in [0.717, 1.165) is 16.9 Å². The van der Waals surface area contributed by atoms with Crippen molar-refractivity contribution in [3.05, 3.63) is 75.5 Å². The zero-order valence-electron chi connectivity index (χ0n) is 17.4. The van der Waals surface area contributed by atoms with Gasteiger partial charge in [0.1, 0.15) is 11.5 Å². The number of aryl methyl sites for hydroxylation is 1. The fourth-order valence-corrected chi connectivity index (χ4v) is 3.04. The molecular formula is C23H24ClN3O4. The molecule has 3 rings (SSSR count). The molecule has 3 aromatic rings. The number of ether oxygens (including phenoxy) is 2. The van der Waals surface area contributed by atoms with Crippen LogP contribution in [-0.2, 0) is 11.3 Å². The van der Waals surface area contributed by atoms with Gasteiger partial charge in [-0.3, -0.25) is 9.59 Å². The third-order valence-corrected chi connectivity index (χ3v) is 4.73. The van der Waals surface area contributed by atoms with Crippen LogP contribution in [0.2, 0.25) is 5.02 Å². The molecule has 0 aliphatic rings. The molecule has 0 saturated carbocycles. The highest BCUT2D eigenvalue weighted by Gasteiger charge is 2.08. The molecule has 0 fully saturated rings. The Labute approximate surface area is 185 Å². The van der Waals surface area contributed by atoms with Crippen LogP contribution >= 0.6 is 11.6 Å². The highest BCUT2D eigenvalue weighted by molar-refractivity contribution is 6.32. The average Bonchev–Trinajstić information content (AvgIpc) is 2.76. The molecule has 1 N–H and O–H groups in total. The van der Waals surface area contributed by atoms with E-state index >= 15 is 0 Å². The Kier molecular flexibility index (Phi) is 7.67. The Bertz CT molecular complexity index is 1100. The quantitative estimate of drug-likeness (QED) is 0.549. The number of rotatable bonds is 9. The largest absolute Gasteiger partial charge is 0.494 e. The summed E-state index contributed by atoms with van der Waals surface area (Å²) in [5.74, 6) is 0.919. The summed E-state index contributed by atoms with van der Waals surface area (Å²) in [7, 11) is 0. The predicted octanol–water partition coefficient (Wildman–Crippen LogP) is 3.47. The average molecular weight is 442 g/mol. The standard InChI is InChI=1S/C23H24ClN3O4/c1-3-30-18-7-5-17(6-8-18)20-10-11-23(29)27(26-20)13-12-25-22(28)15-31-21-14-16(2)4-9-19(21)24/h4-11,14H,3,12-13,15H2,1-2H3,(H,25,28). The summed E-state index contributed by atoms with van der Waals surface area (Å²) in [5, 5.41) is 7.56. The van der Waals surface area contributed by atoms with Crippen LogP contribution in [0.3, 0.4) is 0 Å². The summed E-state index contributed by atoms with van der Waals surface area (Å²) < 4.78 is 12.2. The molecular weight excluding hydrogens is 418 g/mol. The van der Waals surface area contributed by atoms with E-state index in [-0.39, 0.29) is 31.2 Å². The smallest absolute Gasteiger partial charge is 0.266 e. The number of benzene rings is 2. The van der Waals surface area contributed by atoms with Crippen molar-refractivity contribution >= 4 is 17.5 Å². The lowest BCUT2D eigenvalue weighted by molar-refractivity contribution is -0.123. The number of hydrogen-bond donors (Lipinski definition) is 1. The maximum Gasteiger partial charge on any atom is 0.266 e. The zero-order valence-corrected chi connectivity index (χ0v) is 18.2. The van der Waals surface area contributed by atoms with Crippen LogP contribution in [-0.4, -0.2) is 35.4 Å². The summed E-state index contributed by atoms with van der Waals surface area (Å²) in [4.78, 5) is 24.2. The summed E-state index contributed by atoms with van der Waals surface area (Å²) in [6, 6.07) is 16.0. The molecule has 0 aliphatic heterocycles. The van der Waals surface area contributed by atoms with Crippen LogP contribution in [0.25, 0.3) is 11.3 Å². The second kappa shape index (κ2) is 10.6. The van der Waals surface area contributed by atoms with E-state index < -0.39 is 0 Å². The highest BCUT2D eigenvalue weighted by atomic mass is 35.5. The lowest BCUT2D eigenvalue weighted by Gasteiger charge is -2.11. The number of aromatic nitrogens is 2. The molecule has 0 radical (unpaired) electrons. The predicted molar refractivity (Wildman–Crippen MR) is 120 cm³/mol. The van der Waals surface area contributed by atoms with Crippen molar-refractivity contribution in [1.29, 1.82) is 0 Å². The number of nitrogens with zero attached hydrogens (tertiary/aromatic N) is 2. The van der Waals surface area contributed by atoms with Gasteiger partial charge in [-0.15, -0.1) is 0 Å². The van der Waals surface area contributed by atoms with Crippen molar-refractivity contribution in [1.82, 2.24) is 15.1 Å². The molecule has 0 aliphatic carbocycles. The van der Waals surface area contributed by atoms with Gasteiger partial charge in [-0.25, -0.2) is 4.68 Å². The van der Waals surface area contributed by atoms with Crippen LogP contribution in [0.4, 0.5) is 0 Å². The summed E-state index contributed by atoms with van der Waals surface area (Å²) in [6.07, 6.45) is 0. The minimum atomic E-state index is -0.312. The van der Waals surface area contributed by atoms with Crippen LogP contribution < -0.4 is 20.3 Å². The number of amides is 1. The van der Waals surface area contributed by atoms with E-state index in [2.05, 4.69) is 10.4 Å². The Balaban J connectivity index is 1.55. The number of carbonyl (C=O) groups excluding carboxylic acids is 1. The van der Waals surface area contributed by atoms with Crippen molar-refractivity contribution in [3.8, 4) is 22.8 Å². The number of hydrogen-bond acceptors (Lipinski definition) is 5. The van der Waals surface area contributed by atoms with Gasteiger partial charge < -0.3 is 14.8 Å². The third-order valence-electron chi connectivity index (χ3n) is 4.42. The second-order valence-electron chi connectivity index (χ2n) is 6.81. The van der Waals surface area contributed by atoms with Gasteiger partial charge in [0.2, 0.25) is 0 Å². The molecule has 0 saturated heterocycles. The number of carbonyl (C=O) groups is 1. The Morgan fingerprint density at radius 1 is 1.10 bits per heavy atom. The number of halogens is 1. The molecule has 0 spiro atoms. The third kappa shape index (κ3) is 6.33. The maximum atomic E-state index is 12.1. The van der Waals surface area contributed by atoms with Gasteiger partial charge in [-0.1, -0.05) is 17.7 Å². The van der Waals surface area contributed by atoms with Crippen LogP contribution in [0, 0.1) is 6.92 Å². The molecule has 0 atom stereocenters. The topological polar surface area (TPSA) is 82.5 Å². The lowest BCUT2D eigenvalue weighted by atomic mass is 10.1. The van der Waals surface area contributed by atoms with E-state index in [4.69, 9.17) is 21.1 Å². The van der Waals surface area contributed by atoms with E-state index in [1.807, 2.05) is 44.2 Å². The van der Waals surface area contributed by atoms with Gasteiger partial charge in [-0.05, 0) is 61.9 Å². The van der Waals surface area contributed by atoms with E-state index in [1.54, 1.807) is 18.2 Å². The van der Waals surface area contributed by atoms with Gasteiger partial charge in [0, 0.05) is 18.2 Å². The van der Waals surface area contributed by atoms with Crippen LogP contribution in [0.1, 0.15) is 12.5 Å². The summed E-state index contributed by atoms with van der Waals surface area (Å²) >= 11 is 6.06. The SMILES string of the molecule is CCOc1ccc(-c2ccc(=O)n(CCNC(=O)COc3cc(C)ccc3Cl)n2)cc1. The minimum Gasteiger partial charge on any atom is -0.494 e. The van der Waals surface area contributed by atoms with Gasteiger partial charge >= 0.3 is 0 Å². The van der Waals surface area contributed by atoms with Crippen LogP contribution in [0.5, 0.6) is 11.5 Å². The first-order chi connectivity index (χ1) is 15.0. The van der Waals surface area contributed by atoms with Crippen molar-refractivity contribution in [2.24, 2.45) is 0 Å². The first kappa shape index (κ1) is 22.4. The molecule has 8 heteroatoms. The Hall–Kier alpha value is -3.32. The van der Waals surface area contributed by atoms with E-state index in [0.29, 0.717) is 23.1 Å². The van der Waals surface area contributed by atoms with Crippen molar-refractivity contribution < 1.29 is 14.3 Å². The molecule has 1 amide bonds. The van der Waals surface area contributed by atoms with E-state index in [1.165, 1.54) is 10.7 Å². The molecule has 0 bridgehead atoms. The first-order valence-electron chi connectivity index (χ1n) is 9.93. The van der Waals surface area contributed by atoms with Crippen LogP contribution in [0.15, 0.2) is 59.4 Å². The molecule has 7 nitrogen and oxygen atoms in total. The first-order valence-corrected chi connectivity index (χ1v) is 10.3. The van der Waals surface area contributed by atoms with Gasteiger partial charge in [0.05, 0.1) is 23.9 Å². The fourth-order valence-electron chi connectivity index (χ4n) is 2.87. The molecule has 2 aromatic carbocycles.